The van der Waals surface area contributed by atoms with Crippen LogP contribution in [0, 0.1) is 0 Å². The Hall–Kier alpha value is -1.84. The molecule has 1 amide bonds. The third kappa shape index (κ3) is 3.59. The van der Waals surface area contributed by atoms with E-state index >= 15 is 0 Å². The molecule has 1 atom stereocenters. The summed E-state index contributed by atoms with van der Waals surface area (Å²) >= 11 is 0. The topological polar surface area (TPSA) is 57.6 Å². The number of carbonyl (C=O) groups excluding carboxylic acids is 1. The molecule has 0 radical (unpaired) electrons. The Kier molecular flexibility index (Phi) is 4.93. The predicted molar refractivity (Wildman–Crippen MR) is 78.6 cm³/mol. The van der Waals surface area contributed by atoms with Crippen LogP contribution in [0.25, 0.3) is 0 Å². The molecule has 0 heterocycles. The Balaban J connectivity index is 3.17. The molecule has 4 heteroatoms. The first kappa shape index (κ1) is 16.2. The summed E-state index contributed by atoms with van der Waals surface area (Å²) in [5.41, 5.74) is 1.78. The number of hydrogen-bond donors (Lipinski definition) is 1. The van der Waals surface area contributed by atoms with Crippen LogP contribution in [0.2, 0.25) is 0 Å². The Morgan fingerprint density at radius 3 is 2.00 bits per heavy atom. The molecule has 20 heavy (non-hydrogen) atoms. The number of likely N-dealkylation sites (N-methyl/N-ethyl adjacent to an activating group) is 1. The lowest BCUT2D eigenvalue weighted by atomic mass is 9.86. The van der Waals surface area contributed by atoms with E-state index in [0.29, 0.717) is 12.1 Å². The van der Waals surface area contributed by atoms with Crippen molar-refractivity contribution >= 4 is 11.9 Å². The molecule has 110 valence electrons. The minimum Gasteiger partial charge on any atom is -0.479 e. The maximum absolute atomic E-state index is 11.6. The largest absolute Gasteiger partial charge is 0.479 e. The van der Waals surface area contributed by atoms with Crippen molar-refractivity contribution < 1.29 is 14.7 Å². The molecule has 0 bridgehead atoms. The molecule has 0 saturated carbocycles. The summed E-state index contributed by atoms with van der Waals surface area (Å²) in [5, 5.41) is 9.41. The zero-order valence-electron chi connectivity index (χ0n) is 12.8. The first-order valence-corrected chi connectivity index (χ1v) is 6.79. The molecule has 0 fully saturated rings. The molecule has 1 aromatic carbocycles. The molecular formula is C16H23NO3. The molecule has 1 rings (SSSR count). The van der Waals surface area contributed by atoms with Crippen molar-refractivity contribution in [3.05, 3.63) is 35.4 Å². The van der Waals surface area contributed by atoms with Gasteiger partial charge in [-0.3, -0.25) is 4.79 Å². The number of rotatable bonds is 4. The number of carboxylic acids is 1. The van der Waals surface area contributed by atoms with E-state index in [0.717, 1.165) is 5.56 Å². The summed E-state index contributed by atoms with van der Waals surface area (Å²) in [5.74, 6) is -1.25. The van der Waals surface area contributed by atoms with Crippen molar-refractivity contribution in [1.29, 1.82) is 0 Å². The van der Waals surface area contributed by atoms with Gasteiger partial charge in [-0.15, -0.1) is 0 Å². The van der Waals surface area contributed by atoms with Gasteiger partial charge < -0.3 is 10.0 Å². The van der Waals surface area contributed by atoms with E-state index in [1.165, 1.54) is 11.8 Å². The maximum atomic E-state index is 11.6. The van der Waals surface area contributed by atoms with Gasteiger partial charge in [0.15, 0.2) is 6.04 Å². The van der Waals surface area contributed by atoms with Gasteiger partial charge in [0.05, 0.1) is 0 Å². The summed E-state index contributed by atoms with van der Waals surface area (Å²) in [6.45, 7) is 9.84. The number of benzene rings is 1. The summed E-state index contributed by atoms with van der Waals surface area (Å²) in [4.78, 5) is 24.4. The molecule has 0 saturated heterocycles. The number of carboxylic acid groups (broad SMARTS) is 1. The summed E-state index contributed by atoms with van der Waals surface area (Å²) < 4.78 is 0. The highest BCUT2D eigenvalue weighted by Crippen LogP contribution is 2.26. The number of hydrogen-bond acceptors (Lipinski definition) is 2. The second-order valence-corrected chi connectivity index (χ2v) is 5.92. The number of aliphatic carboxylic acids is 1. The lowest BCUT2D eigenvalue weighted by Crippen LogP contribution is -2.37. The molecule has 1 aromatic rings. The Bertz CT molecular complexity index is 485. The van der Waals surface area contributed by atoms with Gasteiger partial charge in [-0.05, 0) is 23.5 Å². The number of carbonyl (C=O) groups is 2. The van der Waals surface area contributed by atoms with Gasteiger partial charge in [0.2, 0.25) is 5.91 Å². The van der Waals surface area contributed by atoms with Crippen molar-refractivity contribution in [2.75, 3.05) is 6.54 Å². The zero-order chi connectivity index (χ0) is 15.5. The lowest BCUT2D eigenvalue weighted by molar-refractivity contribution is -0.149. The molecule has 1 unspecified atom stereocenters. The van der Waals surface area contributed by atoms with Crippen LogP contribution in [-0.2, 0) is 15.0 Å². The van der Waals surface area contributed by atoms with Crippen LogP contribution in [0.5, 0.6) is 0 Å². The van der Waals surface area contributed by atoms with Crippen molar-refractivity contribution in [1.82, 2.24) is 4.90 Å². The van der Waals surface area contributed by atoms with Crippen molar-refractivity contribution in [3.63, 3.8) is 0 Å². The smallest absolute Gasteiger partial charge is 0.331 e. The zero-order valence-corrected chi connectivity index (χ0v) is 12.8. The van der Waals surface area contributed by atoms with Gasteiger partial charge in [0.1, 0.15) is 0 Å². The van der Waals surface area contributed by atoms with Gasteiger partial charge in [-0.1, -0.05) is 45.0 Å². The molecule has 0 spiro atoms. The minimum absolute atomic E-state index is 0.0161. The van der Waals surface area contributed by atoms with Crippen LogP contribution in [0.4, 0.5) is 0 Å². The normalized spacial score (nSPS) is 12.8. The molecule has 0 aliphatic heterocycles. The summed E-state index contributed by atoms with van der Waals surface area (Å²) in [6, 6.07) is 6.53. The molecule has 0 aromatic heterocycles. The van der Waals surface area contributed by atoms with Gasteiger partial charge in [-0.2, -0.15) is 0 Å². The van der Waals surface area contributed by atoms with Crippen LogP contribution in [-0.4, -0.2) is 28.4 Å². The molecule has 0 aliphatic carbocycles. The Morgan fingerprint density at radius 1 is 1.20 bits per heavy atom. The number of nitrogens with zero attached hydrogens (tertiary/aromatic N) is 1. The highest BCUT2D eigenvalue weighted by atomic mass is 16.4. The predicted octanol–water partition coefficient (Wildman–Crippen LogP) is 2.98. The average molecular weight is 277 g/mol. The van der Waals surface area contributed by atoms with Gasteiger partial charge in [0, 0.05) is 13.5 Å². The average Bonchev–Trinajstić information content (AvgIpc) is 2.33. The van der Waals surface area contributed by atoms with Crippen LogP contribution in [0.15, 0.2) is 24.3 Å². The highest BCUT2D eigenvalue weighted by Gasteiger charge is 2.28. The van der Waals surface area contributed by atoms with E-state index in [4.69, 9.17) is 0 Å². The standard InChI is InChI=1S/C16H23NO3/c1-6-17(11(2)18)14(15(19)20)12-7-9-13(10-8-12)16(3,4)5/h7-10,14H,6H2,1-5H3,(H,19,20). The first-order chi connectivity index (χ1) is 9.18. The van der Waals surface area contributed by atoms with Gasteiger partial charge in [-0.25, -0.2) is 4.79 Å². The molecular weight excluding hydrogens is 254 g/mol. The van der Waals surface area contributed by atoms with Crippen LogP contribution in [0.1, 0.15) is 51.8 Å². The Labute approximate surface area is 120 Å². The van der Waals surface area contributed by atoms with Crippen molar-refractivity contribution in [2.45, 2.75) is 46.1 Å². The Morgan fingerprint density at radius 2 is 1.70 bits per heavy atom. The van der Waals surface area contributed by atoms with Crippen molar-refractivity contribution in [3.8, 4) is 0 Å². The third-order valence-electron chi connectivity index (χ3n) is 3.38. The van der Waals surface area contributed by atoms with E-state index in [1.54, 1.807) is 19.1 Å². The van der Waals surface area contributed by atoms with E-state index in [2.05, 4.69) is 20.8 Å². The summed E-state index contributed by atoms with van der Waals surface area (Å²) in [7, 11) is 0. The fourth-order valence-electron chi connectivity index (χ4n) is 2.21. The van der Waals surface area contributed by atoms with E-state index in [-0.39, 0.29) is 11.3 Å². The van der Waals surface area contributed by atoms with Crippen LogP contribution >= 0.6 is 0 Å². The van der Waals surface area contributed by atoms with Crippen LogP contribution < -0.4 is 0 Å². The molecule has 0 aliphatic rings. The van der Waals surface area contributed by atoms with E-state index in [1.807, 2.05) is 12.1 Å². The van der Waals surface area contributed by atoms with Crippen molar-refractivity contribution in [2.24, 2.45) is 0 Å². The highest BCUT2D eigenvalue weighted by molar-refractivity contribution is 5.83. The second-order valence-electron chi connectivity index (χ2n) is 5.92. The third-order valence-corrected chi connectivity index (χ3v) is 3.38. The molecule has 1 N–H and O–H groups in total. The SMILES string of the molecule is CCN(C(C)=O)C(C(=O)O)c1ccc(C(C)(C)C)cc1. The molecule has 4 nitrogen and oxygen atoms in total. The monoisotopic (exact) mass is 277 g/mol. The lowest BCUT2D eigenvalue weighted by Gasteiger charge is -2.27. The maximum Gasteiger partial charge on any atom is 0.331 e. The summed E-state index contributed by atoms with van der Waals surface area (Å²) in [6.07, 6.45) is 0. The first-order valence-electron chi connectivity index (χ1n) is 6.79. The fraction of sp³-hybridized carbons (Fsp3) is 0.500. The van der Waals surface area contributed by atoms with Gasteiger partial charge >= 0.3 is 5.97 Å². The quantitative estimate of drug-likeness (QED) is 0.920. The van der Waals surface area contributed by atoms with E-state index in [9.17, 15) is 14.7 Å². The second kappa shape index (κ2) is 6.07. The fourth-order valence-corrected chi connectivity index (χ4v) is 2.21. The minimum atomic E-state index is -1.01. The number of amides is 1. The van der Waals surface area contributed by atoms with Crippen LogP contribution in [0.3, 0.4) is 0 Å². The van der Waals surface area contributed by atoms with E-state index < -0.39 is 12.0 Å². The van der Waals surface area contributed by atoms with Gasteiger partial charge in [0.25, 0.3) is 0 Å².